The molecule has 0 unspecified atom stereocenters. The molecule has 3 rings (SSSR count). The summed E-state index contributed by atoms with van der Waals surface area (Å²) in [6.07, 6.45) is 5.14. The molecule has 1 saturated heterocycles. The molecule has 0 aromatic carbocycles. The third kappa shape index (κ3) is 3.15. The van der Waals surface area contributed by atoms with Gasteiger partial charge in [-0.05, 0) is 18.9 Å². The molecule has 0 radical (unpaired) electrons. The Morgan fingerprint density at radius 1 is 1.29 bits per heavy atom. The van der Waals surface area contributed by atoms with Gasteiger partial charge >= 0.3 is 0 Å². The highest BCUT2D eigenvalue weighted by atomic mass is 16.2. The van der Waals surface area contributed by atoms with E-state index in [0.717, 1.165) is 31.9 Å². The van der Waals surface area contributed by atoms with Crippen LogP contribution < -0.4 is 15.6 Å². The average Bonchev–Trinajstić information content (AvgIpc) is 2.96. The van der Waals surface area contributed by atoms with E-state index < -0.39 is 0 Å². The van der Waals surface area contributed by atoms with Crippen molar-refractivity contribution in [3.63, 3.8) is 0 Å². The molecule has 1 aromatic heterocycles. The van der Waals surface area contributed by atoms with E-state index >= 15 is 0 Å². The Labute approximate surface area is 121 Å². The fourth-order valence-corrected chi connectivity index (χ4v) is 2.44. The third-order valence-corrected chi connectivity index (χ3v) is 3.57. The minimum absolute atomic E-state index is 0.0581. The molecule has 2 aliphatic rings. The Morgan fingerprint density at radius 3 is 2.62 bits per heavy atom. The number of piperidine rings is 1. The largest absolute Gasteiger partial charge is 0.348 e. The van der Waals surface area contributed by atoms with Gasteiger partial charge in [0, 0.05) is 31.5 Å². The molecule has 110 valence electrons. The minimum atomic E-state index is -0.261. The fraction of sp³-hybridized carbons (Fsp3) is 0.462. The molecule has 2 aliphatic heterocycles. The second-order valence-electron chi connectivity index (χ2n) is 5.05. The van der Waals surface area contributed by atoms with Crippen LogP contribution in [-0.2, 0) is 9.59 Å². The van der Waals surface area contributed by atoms with Crippen molar-refractivity contribution < 1.29 is 9.59 Å². The van der Waals surface area contributed by atoms with Crippen LogP contribution >= 0.6 is 0 Å². The maximum atomic E-state index is 11.9. The number of amides is 2. The smallest absolute Gasteiger partial charge is 0.268 e. The molecular formula is C13H16N6O2. The molecule has 1 fully saturated rings. The number of nitrogens with zero attached hydrogens (tertiary/aromatic N) is 4. The molecule has 0 atom stereocenters. The summed E-state index contributed by atoms with van der Waals surface area (Å²) in [6.45, 7) is 1.58. The number of hydrogen-bond donors (Lipinski definition) is 2. The van der Waals surface area contributed by atoms with Gasteiger partial charge in [0.25, 0.3) is 5.91 Å². The summed E-state index contributed by atoms with van der Waals surface area (Å²) in [4.78, 5) is 33.5. The van der Waals surface area contributed by atoms with Crippen LogP contribution in [0.5, 0.6) is 0 Å². The number of hydrogen-bond acceptors (Lipinski definition) is 6. The van der Waals surface area contributed by atoms with Crippen LogP contribution in [0.4, 0.5) is 5.95 Å². The molecule has 0 aliphatic carbocycles. The van der Waals surface area contributed by atoms with Gasteiger partial charge in [0.2, 0.25) is 11.9 Å². The molecule has 8 nitrogen and oxygen atoms in total. The van der Waals surface area contributed by atoms with Crippen molar-refractivity contribution >= 4 is 23.5 Å². The average molecular weight is 288 g/mol. The van der Waals surface area contributed by atoms with Gasteiger partial charge < -0.3 is 10.2 Å². The van der Waals surface area contributed by atoms with Crippen LogP contribution in [0.1, 0.15) is 19.3 Å². The van der Waals surface area contributed by atoms with E-state index in [1.165, 1.54) is 0 Å². The van der Waals surface area contributed by atoms with Crippen LogP contribution in [0.15, 0.2) is 23.6 Å². The molecule has 2 amide bonds. The topological polar surface area (TPSA) is 99.6 Å². The zero-order chi connectivity index (χ0) is 14.7. The van der Waals surface area contributed by atoms with Crippen LogP contribution in [0.3, 0.4) is 0 Å². The number of carbonyl (C=O) groups is 2. The molecule has 3 heterocycles. The first-order chi connectivity index (χ1) is 10.2. The van der Waals surface area contributed by atoms with Crippen molar-refractivity contribution in [1.82, 2.24) is 20.7 Å². The van der Waals surface area contributed by atoms with Crippen molar-refractivity contribution in [2.45, 2.75) is 25.3 Å². The highest BCUT2D eigenvalue weighted by Crippen LogP contribution is 2.15. The Kier molecular flexibility index (Phi) is 3.76. The van der Waals surface area contributed by atoms with Gasteiger partial charge in [-0.3, -0.25) is 9.59 Å². The van der Waals surface area contributed by atoms with Crippen LogP contribution in [-0.4, -0.2) is 46.6 Å². The Hall–Kier alpha value is -2.51. The molecular weight excluding hydrogens is 272 g/mol. The maximum Gasteiger partial charge on any atom is 0.268 e. The molecule has 2 N–H and O–H groups in total. The lowest BCUT2D eigenvalue weighted by molar-refractivity contribution is -0.120. The normalized spacial score (nSPS) is 19.1. The number of hydrazone groups is 1. The van der Waals surface area contributed by atoms with Crippen LogP contribution in [0.25, 0.3) is 0 Å². The number of anilines is 1. The molecule has 8 heteroatoms. The molecule has 21 heavy (non-hydrogen) atoms. The number of rotatable bonds is 3. The Morgan fingerprint density at radius 2 is 2.00 bits per heavy atom. The van der Waals surface area contributed by atoms with E-state index in [4.69, 9.17) is 0 Å². The zero-order valence-electron chi connectivity index (χ0n) is 11.5. The van der Waals surface area contributed by atoms with Gasteiger partial charge in [-0.1, -0.05) is 0 Å². The van der Waals surface area contributed by atoms with Crippen molar-refractivity contribution in [2.75, 3.05) is 18.0 Å². The Balaban J connectivity index is 1.50. The number of nitrogens with one attached hydrogen (secondary N) is 2. The van der Waals surface area contributed by atoms with E-state index in [1.54, 1.807) is 18.5 Å². The van der Waals surface area contributed by atoms with Gasteiger partial charge in [0.05, 0.1) is 6.42 Å². The maximum absolute atomic E-state index is 11.9. The second kappa shape index (κ2) is 5.86. The minimum Gasteiger partial charge on any atom is -0.348 e. The lowest BCUT2D eigenvalue weighted by atomic mass is 10.0. The predicted molar refractivity (Wildman–Crippen MR) is 75.6 cm³/mol. The van der Waals surface area contributed by atoms with Crippen molar-refractivity contribution in [1.29, 1.82) is 0 Å². The van der Waals surface area contributed by atoms with Gasteiger partial charge in [-0.2, -0.15) is 5.10 Å². The quantitative estimate of drug-likeness (QED) is 0.776. The number of aromatic nitrogens is 2. The monoisotopic (exact) mass is 288 g/mol. The SMILES string of the molecule is O=C1CC(C(=O)NC2CCN(c3ncccn3)CC2)=NN1. The van der Waals surface area contributed by atoms with Gasteiger partial charge in [-0.15, -0.1) is 0 Å². The zero-order valence-corrected chi connectivity index (χ0v) is 11.5. The predicted octanol–water partition coefficient (Wildman–Crippen LogP) is -0.562. The van der Waals surface area contributed by atoms with E-state index in [9.17, 15) is 9.59 Å². The summed E-state index contributed by atoms with van der Waals surface area (Å²) in [5.41, 5.74) is 2.54. The van der Waals surface area contributed by atoms with Crippen LogP contribution in [0.2, 0.25) is 0 Å². The van der Waals surface area contributed by atoms with Gasteiger partial charge in [-0.25, -0.2) is 15.4 Å². The highest BCUT2D eigenvalue weighted by molar-refractivity contribution is 6.43. The summed E-state index contributed by atoms with van der Waals surface area (Å²) in [5.74, 6) is 0.219. The molecule has 0 spiro atoms. The highest BCUT2D eigenvalue weighted by Gasteiger charge is 2.26. The summed E-state index contributed by atoms with van der Waals surface area (Å²) < 4.78 is 0. The lowest BCUT2D eigenvalue weighted by Crippen LogP contribution is -2.46. The van der Waals surface area contributed by atoms with Crippen LogP contribution in [0, 0.1) is 0 Å². The second-order valence-corrected chi connectivity index (χ2v) is 5.05. The summed E-state index contributed by atoms with van der Waals surface area (Å²) in [5, 5.41) is 6.64. The first-order valence-corrected chi connectivity index (χ1v) is 6.90. The van der Waals surface area contributed by atoms with E-state index in [1.807, 2.05) is 0 Å². The van der Waals surface area contributed by atoms with Gasteiger partial charge in [0.15, 0.2) is 0 Å². The van der Waals surface area contributed by atoms with Crippen molar-refractivity contribution in [2.24, 2.45) is 5.10 Å². The lowest BCUT2D eigenvalue weighted by Gasteiger charge is -2.32. The van der Waals surface area contributed by atoms with E-state index in [2.05, 4.69) is 30.7 Å². The molecule has 0 bridgehead atoms. The Bertz CT molecular complexity index is 565. The first kappa shape index (κ1) is 13.5. The van der Waals surface area contributed by atoms with Crippen molar-refractivity contribution in [3.05, 3.63) is 18.5 Å². The standard InChI is InChI=1S/C13H16N6O2/c20-11-8-10(17-18-11)12(21)16-9-2-6-19(7-3-9)13-14-4-1-5-15-13/h1,4-5,9H,2-3,6-8H2,(H,16,21)(H,18,20). The summed E-state index contributed by atoms with van der Waals surface area (Å²) >= 11 is 0. The summed E-state index contributed by atoms with van der Waals surface area (Å²) in [6, 6.07) is 1.88. The molecule has 0 saturated carbocycles. The van der Waals surface area contributed by atoms with Gasteiger partial charge in [0.1, 0.15) is 5.71 Å². The summed E-state index contributed by atoms with van der Waals surface area (Å²) in [7, 11) is 0. The third-order valence-electron chi connectivity index (χ3n) is 3.57. The first-order valence-electron chi connectivity index (χ1n) is 6.90. The molecule has 1 aromatic rings. The fourth-order valence-electron chi connectivity index (χ4n) is 2.44. The van der Waals surface area contributed by atoms with E-state index in [0.29, 0.717) is 0 Å². The van der Waals surface area contributed by atoms with Crippen molar-refractivity contribution in [3.8, 4) is 0 Å². The van der Waals surface area contributed by atoms with E-state index in [-0.39, 0.29) is 30.0 Å². The number of carbonyl (C=O) groups excluding carboxylic acids is 2.